The minimum Gasteiger partial charge on any atom is -0.480 e. The van der Waals surface area contributed by atoms with Crippen LogP contribution in [-0.4, -0.2) is 72.5 Å². The van der Waals surface area contributed by atoms with Gasteiger partial charge in [-0.2, -0.15) is 4.91 Å². The molecule has 16 nitrogen and oxygen atoms in total. The lowest BCUT2D eigenvalue weighted by Gasteiger charge is -2.22. The maximum absolute atomic E-state index is 12.6. The van der Waals surface area contributed by atoms with E-state index in [1.165, 1.54) is 6.92 Å². The molecular formula is C17H33N11O5. The molecule has 0 aliphatic rings. The smallest absolute Gasteiger partial charge is 0.326 e. The highest BCUT2D eigenvalue weighted by atomic mass is 16.4. The number of hydrogen-bond acceptors (Lipinski definition) is 7. The van der Waals surface area contributed by atoms with Crippen molar-refractivity contribution in [1.82, 2.24) is 21.4 Å². The van der Waals surface area contributed by atoms with Crippen molar-refractivity contribution in [2.24, 2.45) is 27.4 Å². The molecule has 0 aromatic carbocycles. The predicted molar refractivity (Wildman–Crippen MR) is 119 cm³/mol. The minimum atomic E-state index is -1.22. The average Bonchev–Trinajstić information content (AvgIpc) is 2.76. The number of rotatable bonds is 17. The molecule has 0 saturated heterocycles. The highest BCUT2D eigenvalue weighted by molar-refractivity contribution is 5.93. The van der Waals surface area contributed by atoms with Gasteiger partial charge in [0.2, 0.25) is 17.7 Å². The van der Waals surface area contributed by atoms with Crippen LogP contribution in [0.3, 0.4) is 0 Å². The van der Waals surface area contributed by atoms with Crippen LogP contribution in [0.25, 0.3) is 10.4 Å². The van der Waals surface area contributed by atoms with Gasteiger partial charge in [0.25, 0.3) is 0 Å². The number of hydrogen-bond donors (Lipinski definition) is 8. The lowest BCUT2D eigenvalue weighted by atomic mass is 10.1. The molecule has 0 aliphatic heterocycles. The number of carboxylic acids is 1. The molecule has 0 aliphatic carbocycles. The van der Waals surface area contributed by atoms with Gasteiger partial charge in [-0.15, -0.1) is 5.53 Å². The number of nitrogens with zero attached hydrogens (tertiary/aromatic N) is 4. The van der Waals surface area contributed by atoms with E-state index in [-0.39, 0.29) is 31.9 Å². The summed E-state index contributed by atoms with van der Waals surface area (Å²) in [7, 11) is 0. The Bertz CT molecular complexity index is 735. The van der Waals surface area contributed by atoms with Gasteiger partial charge in [0, 0.05) is 6.54 Å². The van der Waals surface area contributed by atoms with Gasteiger partial charge in [-0.3, -0.25) is 24.8 Å². The van der Waals surface area contributed by atoms with Crippen LogP contribution >= 0.6 is 0 Å². The van der Waals surface area contributed by atoms with Gasteiger partial charge in [-0.25, -0.2) is 4.79 Å². The van der Waals surface area contributed by atoms with Gasteiger partial charge < -0.3 is 38.3 Å². The Labute approximate surface area is 190 Å². The third kappa shape index (κ3) is 14.0. The molecule has 0 aromatic rings. The Morgan fingerprint density at radius 2 is 1.67 bits per heavy atom. The van der Waals surface area contributed by atoms with E-state index in [1.807, 2.05) is 0 Å². The van der Waals surface area contributed by atoms with Crippen LogP contribution in [0.5, 0.6) is 0 Å². The molecule has 0 fully saturated rings. The molecule has 3 atom stereocenters. The van der Waals surface area contributed by atoms with Gasteiger partial charge in [0.1, 0.15) is 18.1 Å². The molecule has 0 aromatic heterocycles. The fourth-order valence-electron chi connectivity index (χ4n) is 2.59. The number of amides is 3. The largest absolute Gasteiger partial charge is 0.480 e. The molecule has 0 spiro atoms. The fraction of sp³-hybridized carbons (Fsp3) is 0.706. The maximum atomic E-state index is 12.6. The summed E-state index contributed by atoms with van der Waals surface area (Å²) in [5, 5.41) is 19.8. The molecule has 0 rings (SSSR count). The van der Waals surface area contributed by atoms with Crippen molar-refractivity contribution in [2.75, 3.05) is 19.6 Å². The van der Waals surface area contributed by atoms with Crippen molar-refractivity contribution in [3.63, 3.8) is 0 Å². The molecular weight excluding hydrogens is 438 g/mol. The van der Waals surface area contributed by atoms with E-state index in [0.717, 1.165) is 0 Å². The standard InChI is InChI=1S/C17H33N11O5/c1-10(14(30)26-12(16(32)33)5-2-3-8-23-28-27-21)24-15(31)11(25-13(29)9-18)6-4-7-22-17(19)20/h10-12,23H,2-9,18H2,1H3,(H,24,31)(H,25,29)(H,26,30)(H,32,33)(H4,19,20,22)/t10-,11-,12-/m0/s1. The highest BCUT2D eigenvalue weighted by Crippen LogP contribution is 2.03. The summed E-state index contributed by atoms with van der Waals surface area (Å²) < 4.78 is 0. The molecule has 0 heterocycles. The minimum absolute atomic E-state index is 0.104. The number of aliphatic imine (C=N–C) groups is 1. The lowest BCUT2D eigenvalue weighted by Crippen LogP contribution is -2.55. The van der Waals surface area contributed by atoms with Crippen LogP contribution in [0.15, 0.2) is 10.2 Å². The summed E-state index contributed by atoms with van der Waals surface area (Å²) >= 11 is 0. The Morgan fingerprint density at radius 1 is 1.00 bits per heavy atom. The van der Waals surface area contributed by atoms with Gasteiger partial charge in [-0.05, 0) is 44.3 Å². The molecule has 11 N–H and O–H groups in total. The van der Waals surface area contributed by atoms with Crippen LogP contribution in [-0.2, 0) is 19.2 Å². The lowest BCUT2D eigenvalue weighted by molar-refractivity contribution is -0.142. The zero-order chi connectivity index (χ0) is 25.2. The monoisotopic (exact) mass is 471 g/mol. The fourth-order valence-corrected chi connectivity index (χ4v) is 2.59. The van der Waals surface area contributed by atoms with Gasteiger partial charge in [0.05, 0.1) is 13.1 Å². The van der Waals surface area contributed by atoms with Crippen molar-refractivity contribution in [3.8, 4) is 0 Å². The van der Waals surface area contributed by atoms with E-state index in [2.05, 4.69) is 36.5 Å². The third-order valence-corrected chi connectivity index (χ3v) is 4.30. The highest BCUT2D eigenvalue weighted by Gasteiger charge is 2.26. The van der Waals surface area contributed by atoms with E-state index in [0.29, 0.717) is 25.8 Å². The van der Waals surface area contributed by atoms with E-state index < -0.39 is 41.8 Å². The normalized spacial score (nSPS) is 12.8. The first-order valence-electron chi connectivity index (χ1n) is 10.3. The number of aliphatic carboxylic acids is 1. The first-order chi connectivity index (χ1) is 15.6. The van der Waals surface area contributed by atoms with E-state index in [9.17, 15) is 24.3 Å². The second-order valence-corrected chi connectivity index (χ2v) is 7.00. The van der Waals surface area contributed by atoms with Crippen molar-refractivity contribution in [1.29, 1.82) is 0 Å². The second-order valence-electron chi connectivity index (χ2n) is 7.00. The summed E-state index contributed by atoms with van der Waals surface area (Å²) in [6.07, 6.45) is 1.66. The van der Waals surface area contributed by atoms with E-state index in [1.54, 1.807) is 0 Å². The zero-order valence-corrected chi connectivity index (χ0v) is 18.5. The predicted octanol–water partition coefficient (Wildman–Crippen LogP) is -2.46. The summed E-state index contributed by atoms with van der Waals surface area (Å²) in [6, 6.07) is -3.21. The van der Waals surface area contributed by atoms with Crippen molar-refractivity contribution >= 4 is 29.7 Å². The summed E-state index contributed by atoms with van der Waals surface area (Å²) in [6.45, 7) is 1.65. The second kappa shape index (κ2) is 16.9. The Morgan fingerprint density at radius 3 is 2.24 bits per heavy atom. The number of carboxylic acid groups (broad SMARTS) is 1. The van der Waals surface area contributed by atoms with Crippen LogP contribution in [0, 0.1) is 0 Å². The summed E-state index contributed by atoms with van der Waals surface area (Å²) in [5.74, 6) is -3.23. The quantitative estimate of drug-likeness (QED) is 0.0212. The molecule has 33 heavy (non-hydrogen) atoms. The third-order valence-electron chi connectivity index (χ3n) is 4.30. The molecule has 186 valence electrons. The summed E-state index contributed by atoms with van der Waals surface area (Å²) in [4.78, 5) is 54.3. The van der Waals surface area contributed by atoms with E-state index >= 15 is 0 Å². The molecule has 0 radical (unpaired) electrons. The van der Waals surface area contributed by atoms with Crippen molar-refractivity contribution < 1.29 is 24.3 Å². The van der Waals surface area contributed by atoms with Crippen molar-refractivity contribution in [3.05, 3.63) is 10.4 Å². The first kappa shape index (κ1) is 29.2. The number of nitrogens with one attached hydrogen (secondary N) is 4. The Hall–Kier alpha value is -3.78. The average molecular weight is 472 g/mol. The number of carbonyl (C=O) groups is 4. The van der Waals surface area contributed by atoms with Crippen LogP contribution < -0.4 is 38.6 Å². The zero-order valence-electron chi connectivity index (χ0n) is 18.5. The maximum Gasteiger partial charge on any atom is 0.326 e. The first-order valence-corrected chi connectivity index (χ1v) is 10.3. The Kier molecular flexibility index (Phi) is 14.9. The molecule has 0 bridgehead atoms. The van der Waals surface area contributed by atoms with Crippen molar-refractivity contribution in [2.45, 2.75) is 57.2 Å². The number of guanidine groups is 1. The summed E-state index contributed by atoms with van der Waals surface area (Å²) in [5.41, 5.74) is 26.4. The Balaban J connectivity index is 4.81. The van der Waals surface area contributed by atoms with Crippen LogP contribution in [0.2, 0.25) is 0 Å². The molecule has 0 saturated carbocycles. The number of azide groups is 1. The number of carbonyl (C=O) groups excluding carboxylic acids is 3. The van der Waals surface area contributed by atoms with Gasteiger partial charge in [-0.1, -0.05) is 0 Å². The van der Waals surface area contributed by atoms with E-state index in [4.69, 9.17) is 22.7 Å². The number of unbranched alkanes of at least 4 members (excludes halogenated alkanes) is 1. The topological polar surface area (TPSA) is 276 Å². The van der Waals surface area contributed by atoms with Crippen LogP contribution in [0.1, 0.15) is 39.0 Å². The molecule has 0 unspecified atom stereocenters. The van der Waals surface area contributed by atoms with Crippen LogP contribution in [0.4, 0.5) is 0 Å². The number of nitrogens with two attached hydrogens (primary N) is 3. The SMILES string of the molecule is C[C@H](NC(=O)[C@H](CCCN=C(N)N)NC(=O)CN)C(=O)N[C@@H](CCCCNN=[N+]=[N-])C(=O)O. The van der Waals surface area contributed by atoms with Gasteiger partial charge >= 0.3 is 5.97 Å². The molecule has 16 heteroatoms. The van der Waals surface area contributed by atoms with Gasteiger partial charge in [0.15, 0.2) is 5.96 Å². The molecule has 3 amide bonds.